The van der Waals surface area contributed by atoms with Gasteiger partial charge in [-0.15, -0.1) is 0 Å². The average molecular weight is 855 g/mol. The number of ether oxygens (including phenoxy) is 2. The topological polar surface area (TPSA) is 18.5 Å². The normalized spacial score (nSPS) is 14.4. The summed E-state index contributed by atoms with van der Waals surface area (Å²) in [6, 6.07) is 47.4. The van der Waals surface area contributed by atoms with Gasteiger partial charge < -0.3 is 9.47 Å². The van der Waals surface area contributed by atoms with Crippen molar-refractivity contribution in [1.29, 1.82) is 0 Å². The quantitative estimate of drug-likeness (QED) is 0.127. The fourth-order valence-electron chi connectivity index (χ4n) is 10.2. The molecule has 0 unspecified atom stereocenters. The van der Waals surface area contributed by atoms with Crippen LogP contribution in [0.1, 0.15) is 125 Å². The van der Waals surface area contributed by atoms with Crippen LogP contribution < -0.4 is 9.47 Å². The minimum Gasteiger partial charge on any atom is -0.493 e. The summed E-state index contributed by atoms with van der Waals surface area (Å²) in [5.41, 5.74) is 10.1. The molecular formula is C63H66O2. The van der Waals surface area contributed by atoms with Crippen LogP contribution in [0.25, 0.3) is 86.9 Å². The predicted octanol–water partition coefficient (Wildman–Crippen LogP) is 18.1. The summed E-state index contributed by atoms with van der Waals surface area (Å²) in [7, 11) is 0. The molecule has 330 valence electrons. The van der Waals surface area contributed by atoms with Crippen LogP contribution in [-0.2, 0) is 21.7 Å². The summed E-state index contributed by atoms with van der Waals surface area (Å²) in [6.45, 7) is 28.9. The molecule has 10 rings (SSSR count). The number of hydrogen-bond donors (Lipinski definition) is 0. The molecule has 2 nitrogen and oxygen atoms in total. The molecule has 0 saturated carbocycles. The Balaban J connectivity index is 1.36. The van der Waals surface area contributed by atoms with Gasteiger partial charge in [-0.1, -0.05) is 156 Å². The van der Waals surface area contributed by atoms with Gasteiger partial charge in [0.05, 0.1) is 13.2 Å². The zero-order valence-electron chi connectivity index (χ0n) is 40.9. The lowest BCUT2D eigenvalue weighted by Crippen LogP contribution is -2.10. The summed E-state index contributed by atoms with van der Waals surface area (Å²) in [5.74, 6) is 1.89. The van der Waals surface area contributed by atoms with Gasteiger partial charge in [0.15, 0.2) is 0 Å². The van der Waals surface area contributed by atoms with E-state index in [-0.39, 0.29) is 21.7 Å². The first-order chi connectivity index (χ1) is 30.7. The Morgan fingerprint density at radius 2 is 0.569 bits per heavy atom. The van der Waals surface area contributed by atoms with Gasteiger partial charge in [-0.25, -0.2) is 0 Å². The second kappa shape index (κ2) is 15.4. The molecule has 1 heterocycles. The van der Waals surface area contributed by atoms with E-state index in [2.05, 4.69) is 204 Å². The third-order valence-electron chi connectivity index (χ3n) is 14.3. The van der Waals surface area contributed by atoms with Crippen molar-refractivity contribution in [1.82, 2.24) is 0 Å². The highest BCUT2D eigenvalue weighted by Gasteiger charge is 2.24. The average Bonchev–Trinajstić information content (AvgIpc) is 3.26. The van der Waals surface area contributed by atoms with Gasteiger partial charge in [-0.2, -0.15) is 0 Å². The smallest absolute Gasteiger partial charge is 0.127 e. The zero-order chi connectivity index (χ0) is 45.8. The fourth-order valence-corrected chi connectivity index (χ4v) is 10.2. The van der Waals surface area contributed by atoms with E-state index in [1.54, 1.807) is 0 Å². The van der Waals surface area contributed by atoms with Crippen molar-refractivity contribution >= 4 is 64.6 Å². The Bertz CT molecular complexity index is 3120. The first kappa shape index (κ1) is 43.1. The van der Waals surface area contributed by atoms with E-state index in [0.717, 1.165) is 41.9 Å². The van der Waals surface area contributed by atoms with Crippen molar-refractivity contribution in [2.75, 3.05) is 13.2 Å². The van der Waals surface area contributed by atoms with Crippen LogP contribution in [0.2, 0.25) is 0 Å². The van der Waals surface area contributed by atoms with Crippen LogP contribution in [0.5, 0.6) is 11.5 Å². The van der Waals surface area contributed by atoms with Gasteiger partial charge in [0, 0.05) is 11.1 Å². The zero-order valence-corrected chi connectivity index (χ0v) is 40.9. The highest BCUT2D eigenvalue weighted by atomic mass is 16.5. The first-order valence-electron chi connectivity index (χ1n) is 24.1. The Morgan fingerprint density at radius 3 is 0.908 bits per heavy atom. The number of fused-ring (bicyclic) bond motifs is 8. The lowest BCUT2D eigenvalue weighted by atomic mass is 9.81. The summed E-state index contributed by atoms with van der Waals surface area (Å²) in [6.07, 6.45) is 2.91. The van der Waals surface area contributed by atoms with Crippen LogP contribution in [0, 0.1) is 0 Å². The molecule has 1 aliphatic rings. The molecule has 9 aromatic rings. The maximum absolute atomic E-state index is 6.93. The van der Waals surface area contributed by atoms with Crippen molar-refractivity contribution in [3.05, 3.63) is 144 Å². The molecule has 65 heavy (non-hydrogen) atoms. The number of hydrogen-bond acceptors (Lipinski definition) is 2. The van der Waals surface area contributed by atoms with Crippen molar-refractivity contribution in [2.45, 2.75) is 124 Å². The lowest BCUT2D eigenvalue weighted by molar-refractivity contribution is 0.281. The summed E-state index contributed by atoms with van der Waals surface area (Å²) in [5, 5.41) is 15.1. The van der Waals surface area contributed by atoms with E-state index in [4.69, 9.17) is 9.47 Å². The monoisotopic (exact) mass is 855 g/mol. The maximum Gasteiger partial charge on any atom is 0.127 e. The second-order valence-corrected chi connectivity index (χ2v) is 23.2. The summed E-state index contributed by atoms with van der Waals surface area (Å²) in [4.78, 5) is 0. The molecule has 0 aromatic heterocycles. The molecular weight excluding hydrogens is 789 g/mol. The van der Waals surface area contributed by atoms with Gasteiger partial charge in [0.1, 0.15) is 11.5 Å². The Hall–Kier alpha value is -5.86. The molecule has 6 bridgehead atoms. The lowest BCUT2D eigenvalue weighted by Gasteiger charge is -2.23. The van der Waals surface area contributed by atoms with Gasteiger partial charge in [-0.05, 0) is 187 Å². The third-order valence-corrected chi connectivity index (χ3v) is 14.3. The van der Waals surface area contributed by atoms with Crippen LogP contribution in [-0.4, -0.2) is 13.2 Å². The summed E-state index contributed by atoms with van der Waals surface area (Å²) >= 11 is 0. The van der Waals surface area contributed by atoms with Crippen LogP contribution in [0.15, 0.2) is 121 Å². The Labute approximate surface area is 387 Å². The second-order valence-electron chi connectivity index (χ2n) is 23.2. The number of rotatable bonds is 2. The predicted molar refractivity (Wildman–Crippen MR) is 282 cm³/mol. The van der Waals surface area contributed by atoms with Gasteiger partial charge >= 0.3 is 0 Å². The van der Waals surface area contributed by atoms with Gasteiger partial charge in [0.25, 0.3) is 0 Å². The molecule has 2 heteroatoms. The molecule has 1 aliphatic heterocycles. The highest BCUT2D eigenvalue weighted by molar-refractivity contribution is 6.33. The van der Waals surface area contributed by atoms with E-state index in [9.17, 15) is 0 Å². The van der Waals surface area contributed by atoms with Crippen molar-refractivity contribution in [3.8, 4) is 33.8 Å². The fraction of sp³-hybridized carbons (Fsp3) is 0.333. The maximum atomic E-state index is 6.93. The molecule has 0 spiro atoms. The molecule has 0 saturated heterocycles. The van der Waals surface area contributed by atoms with E-state index in [1.807, 2.05) is 0 Å². The largest absolute Gasteiger partial charge is 0.493 e. The molecule has 0 atom stereocenters. The molecule has 9 aromatic carbocycles. The summed E-state index contributed by atoms with van der Waals surface area (Å²) < 4.78 is 13.9. The van der Waals surface area contributed by atoms with Gasteiger partial charge in [-0.3, -0.25) is 0 Å². The first-order valence-corrected chi connectivity index (χ1v) is 24.1. The van der Waals surface area contributed by atoms with E-state index >= 15 is 0 Å². The molecule has 0 radical (unpaired) electrons. The molecule has 0 aliphatic carbocycles. The molecule has 0 N–H and O–H groups in total. The van der Waals surface area contributed by atoms with E-state index in [0.29, 0.717) is 13.2 Å². The van der Waals surface area contributed by atoms with Crippen LogP contribution in [0.4, 0.5) is 0 Å². The van der Waals surface area contributed by atoms with Crippen LogP contribution >= 0.6 is 0 Å². The van der Waals surface area contributed by atoms with Crippen molar-refractivity contribution < 1.29 is 9.47 Å². The third kappa shape index (κ3) is 7.71. The SMILES string of the molecule is CC(C)(C)c1ccc(-c2cc3c4ccc(C(C)(C)C)cc4c4cc5c6cc(C(C)(C)C)ccc6c6cc(-c7ccc(C(C)(C)C)cc7)c7cc6c5cc4c3cc2OCCCCCO7)cc1. The standard InChI is InChI=1S/C63H66O2/c1-60(2,3)40-20-16-38(17-21-40)46-32-50-44-26-24-42(62(7,8)9)30-48(44)52-34-53-49-31-43(63(10,11)12)25-27-45(49)51-33-47(39-18-22-41(23-19-39)61(4,5)6)59-37-57(51)55(53)35-54(52)56(50)36-58(46)64-28-14-13-15-29-65-59/h16-27,30-37H,13-15,28-29H2,1-12H3. The van der Waals surface area contributed by atoms with Crippen LogP contribution in [0.3, 0.4) is 0 Å². The van der Waals surface area contributed by atoms with Crippen molar-refractivity contribution in [2.24, 2.45) is 0 Å². The molecule has 0 fully saturated rings. The Kier molecular flexibility index (Phi) is 10.2. The number of benzene rings is 9. The minimum absolute atomic E-state index is 0.0132. The van der Waals surface area contributed by atoms with E-state index in [1.165, 1.54) is 98.0 Å². The Morgan fingerprint density at radius 1 is 0.277 bits per heavy atom. The van der Waals surface area contributed by atoms with Crippen molar-refractivity contribution in [3.63, 3.8) is 0 Å². The molecule has 0 amide bonds. The highest BCUT2D eigenvalue weighted by Crippen LogP contribution is 2.48. The van der Waals surface area contributed by atoms with E-state index < -0.39 is 0 Å². The van der Waals surface area contributed by atoms with Gasteiger partial charge in [0.2, 0.25) is 0 Å². The minimum atomic E-state index is -0.0132.